The second-order valence-corrected chi connectivity index (χ2v) is 15.4. The molecule has 1 unspecified atom stereocenters. The van der Waals surface area contributed by atoms with Gasteiger partial charge in [0.25, 0.3) is 35.4 Å². The van der Waals surface area contributed by atoms with E-state index in [4.69, 9.17) is 14.5 Å². The topological polar surface area (TPSA) is 202 Å². The lowest BCUT2D eigenvalue weighted by Crippen LogP contribution is -2.43. The lowest BCUT2D eigenvalue weighted by atomic mass is 10.0. The number of carbonyl (C=O) groups excluding carboxylic acids is 6. The van der Waals surface area contributed by atoms with Crippen molar-refractivity contribution < 1.29 is 43.3 Å². The number of carbonyl (C=O) groups is 6. The first-order valence-corrected chi connectivity index (χ1v) is 18.7. The van der Waals surface area contributed by atoms with Gasteiger partial charge in [0.2, 0.25) is 0 Å². The third-order valence-corrected chi connectivity index (χ3v) is 7.45. The van der Waals surface area contributed by atoms with Crippen molar-refractivity contribution in [2.75, 3.05) is 19.6 Å². The van der Waals surface area contributed by atoms with Crippen molar-refractivity contribution in [3.63, 3.8) is 0 Å². The van der Waals surface area contributed by atoms with Crippen LogP contribution < -0.4 is 32.4 Å². The number of nitrogens with one attached hydrogen (secondary N) is 6. The Morgan fingerprint density at radius 1 is 0.472 bits per heavy atom. The van der Waals surface area contributed by atoms with Gasteiger partial charge in [0, 0.05) is 36.3 Å². The van der Waals surface area contributed by atoms with Crippen LogP contribution in [0.2, 0.25) is 0 Å². The molecule has 0 aliphatic rings. The van der Waals surface area contributed by atoms with Gasteiger partial charge < -0.3 is 16.0 Å². The number of benzene rings is 1. The molecule has 0 radical (unpaired) electrons. The highest BCUT2D eigenvalue weighted by atomic mass is 16.7. The van der Waals surface area contributed by atoms with Crippen LogP contribution in [0.3, 0.4) is 0 Å². The Morgan fingerprint density at radius 3 is 1.00 bits per heavy atom. The first-order chi connectivity index (χ1) is 24.8. The zero-order valence-electron chi connectivity index (χ0n) is 33.5. The van der Waals surface area contributed by atoms with Gasteiger partial charge in [-0.3, -0.25) is 43.3 Å². The minimum absolute atomic E-state index is 0.0552. The first-order valence-electron chi connectivity index (χ1n) is 18.7. The molecule has 53 heavy (non-hydrogen) atoms. The number of rotatable bonds is 24. The number of amides is 6. The number of hydrogen-bond donors (Lipinski definition) is 6. The van der Waals surface area contributed by atoms with E-state index in [1.165, 1.54) is 18.2 Å². The Labute approximate surface area is 315 Å². The maximum atomic E-state index is 13.5. The summed E-state index contributed by atoms with van der Waals surface area (Å²) in [7, 11) is 0. The van der Waals surface area contributed by atoms with Gasteiger partial charge in [-0.15, -0.1) is 0 Å². The van der Waals surface area contributed by atoms with Crippen LogP contribution in [-0.2, 0) is 28.9 Å². The van der Waals surface area contributed by atoms with Gasteiger partial charge >= 0.3 is 0 Å². The Hall–Kier alpha value is -4.08. The smallest absolute Gasteiger partial charge is 0.274 e. The molecule has 1 aromatic carbocycles. The van der Waals surface area contributed by atoms with Gasteiger partial charge in [0.05, 0.1) is 0 Å². The maximum absolute atomic E-state index is 13.5. The zero-order valence-corrected chi connectivity index (χ0v) is 33.5. The number of hydroxylamine groups is 3. The average Bonchev–Trinajstić information content (AvgIpc) is 3.09. The van der Waals surface area contributed by atoms with E-state index in [-0.39, 0.29) is 46.3 Å². The van der Waals surface area contributed by atoms with Gasteiger partial charge in [0.15, 0.2) is 18.3 Å². The van der Waals surface area contributed by atoms with Crippen molar-refractivity contribution in [1.82, 2.24) is 32.4 Å². The summed E-state index contributed by atoms with van der Waals surface area (Å²) in [5, 5.41) is 8.36. The normalized spacial score (nSPS) is 13.1. The summed E-state index contributed by atoms with van der Waals surface area (Å²) in [6, 6.07) is 3.63. The zero-order chi connectivity index (χ0) is 40.2. The van der Waals surface area contributed by atoms with Crippen LogP contribution in [-0.4, -0.2) is 73.4 Å². The van der Waals surface area contributed by atoms with Crippen LogP contribution in [0.4, 0.5) is 0 Å². The molecule has 0 aliphatic heterocycles. The molecule has 0 saturated carbocycles. The molecule has 15 heteroatoms. The standard InChI is InChI=1S/C38H64N6O9/c1-12-13-39-36(48)30(14-22(2)3)51-42-33(45)27-17-28(34(46)43-52-31(15-23(4)5)37(49)40-20-25(8)9)19-29(18-27)35(47)44-53-32(16-24(6)7)38(50)41-21-26(10)11/h17-19,22-26,30-32H,12-16,20-21H2,1-11H3,(H,39,48)(H,40,49)(H,41,50)(H,42,45)(H,43,46)(H,44,47)/t30-,31-,32?/m1/s1. The van der Waals surface area contributed by atoms with E-state index in [9.17, 15) is 28.8 Å². The molecular formula is C38H64N6O9. The van der Waals surface area contributed by atoms with E-state index in [0.29, 0.717) is 45.3 Å². The summed E-state index contributed by atoms with van der Waals surface area (Å²) >= 11 is 0. The van der Waals surface area contributed by atoms with E-state index < -0.39 is 53.8 Å². The van der Waals surface area contributed by atoms with Crippen LogP contribution in [0.15, 0.2) is 18.2 Å². The fourth-order valence-corrected chi connectivity index (χ4v) is 4.68. The molecule has 0 spiro atoms. The molecule has 15 nitrogen and oxygen atoms in total. The summed E-state index contributed by atoms with van der Waals surface area (Å²) < 4.78 is 0. The Bertz CT molecular complexity index is 1280. The highest BCUT2D eigenvalue weighted by Gasteiger charge is 2.27. The minimum atomic E-state index is -1.01. The average molecular weight is 749 g/mol. The van der Waals surface area contributed by atoms with Crippen LogP contribution in [0.25, 0.3) is 0 Å². The van der Waals surface area contributed by atoms with Crippen molar-refractivity contribution in [3.05, 3.63) is 34.9 Å². The van der Waals surface area contributed by atoms with Crippen LogP contribution in [0, 0.1) is 29.6 Å². The van der Waals surface area contributed by atoms with Gasteiger partial charge in [-0.2, -0.15) is 0 Å². The van der Waals surface area contributed by atoms with E-state index >= 15 is 0 Å². The Morgan fingerprint density at radius 2 is 0.755 bits per heavy atom. The minimum Gasteiger partial charge on any atom is -0.354 e. The summed E-state index contributed by atoms with van der Waals surface area (Å²) in [4.78, 5) is 95.5. The molecule has 6 amide bonds. The molecular weight excluding hydrogens is 684 g/mol. The summed E-state index contributed by atoms with van der Waals surface area (Å²) in [6.45, 7) is 22.4. The monoisotopic (exact) mass is 748 g/mol. The fraction of sp³-hybridized carbons (Fsp3) is 0.684. The molecule has 300 valence electrons. The van der Waals surface area contributed by atoms with Crippen molar-refractivity contribution >= 4 is 35.4 Å². The predicted octanol–water partition coefficient (Wildman–Crippen LogP) is 3.99. The predicted molar refractivity (Wildman–Crippen MR) is 201 cm³/mol. The Balaban J connectivity index is 3.41. The molecule has 1 rings (SSSR count). The van der Waals surface area contributed by atoms with E-state index in [1.807, 2.05) is 76.2 Å². The highest BCUT2D eigenvalue weighted by Crippen LogP contribution is 2.15. The second kappa shape index (κ2) is 24.3. The second-order valence-electron chi connectivity index (χ2n) is 15.4. The van der Waals surface area contributed by atoms with Gasteiger partial charge in [-0.25, -0.2) is 16.4 Å². The van der Waals surface area contributed by atoms with Crippen molar-refractivity contribution in [2.45, 2.75) is 120 Å². The lowest BCUT2D eigenvalue weighted by molar-refractivity contribution is -0.138. The number of hydrogen-bond acceptors (Lipinski definition) is 9. The summed E-state index contributed by atoms with van der Waals surface area (Å²) in [5.74, 6) is -3.17. The van der Waals surface area contributed by atoms with Gasteiger partial charge in [-0.1, -0.05) is 76.2 Å². The van der Waals surface area contributed by atoms with E-state index in [1.54, 1.807) is 0 Å². The molecule has 0 aromatic heterocycles. The van der Waals surface area contributed by atoms with Gasteiger partial charge in [0.1, 0.15) is 0 Å². The van der Waals surface area contributed by atoms with Crippen molar-refractivity contribution in [3.8, 4) is 0 Å². The molecule has 0 aliphatic carbocycles. The van der Waals surface area contributed by atoms with Crippen LogP contribution in [0.5, 0.6) is 0 Å². The van der Waals surface area contributed by atoms with Crippen molar-refractivity contribution in [1.29, 1.82) is 0 Å². The van der Waals surface area contributed by atoms with E-state index in [0.717, 1.165) is 0 Å². The first kappa shape index (κ1) is 46.9. The SMILES string of the molecule is CCCNC(=O)[C@@H](CC(C)C)ONC(=O)c1cc(C(=O)NOC(CC(C)C)C(=O)NCC(C)C)cc(C(=O)NO[C@H](CC(C)C)C(=O)NCC(C)C)c1. The largest absolute Gasteiger partial charge is 0.354 e. The molecule has 1 aromatic rings. The van der Waals surface area contributed by atoms with Crippen LogP contribution in [0.1, 0.15) is 133 Å². The third kappa shape index (κ3) is 19.0. The molecule has 0 heterocycles. The van der Waals surface area contributed by atoms with Crippen molar-refractivity contribution in [2.24, 2.45) is 29.6 Å². The third-order valence-electron chi connectivity index (χ3n) is 7.45. The quantitative estimate of drug-likeness (QED) is 0.0846. The van der Waals surface area contributed by atoms with Crippen LogP contribution >= 0.6 is 0 Å². The Kier molecular flexibility index (Phi) is 21.5. The summed E-state index contributed by atoms with van der Waals surface area (Å²) in [6.07, 6.45) is -1.38. The molecule has 0 fully saturated rings. The molecule has 0 saturated heterocycles. The maximum Gasteiger partial charge on any atom is 0.274 e. The molecule has 3 atom stereocenters. The highest BCUT2D eigenvalue weighted by molar-refractivity contribution is 6.04. The fourth-order valence-electron chi connectivity index (χ4n) is 4.68. The lowest BCUT2D eigenvalue weighted by Gasteiger charge is -2.21. The van der Waals surface area contributed by atoms with Gasteiger partial charge in [-0.05, 0) is 73.5 Å². The molecule has 6 N–H and O–H groups in total. The molecule has 0 bridgehead atoms. The summed E-state index contributed by atoms with van der Waals surface area (Å²) in [5.41, 5.74) is 6.37. The van der Waals surface area contributed by atoms with E-state index in [2.05, 4.69) is 32.4 Å².